The molecule has 5 aliphatic carbocycles. The molecule has 0 spiro atoms. The highest BCUT2D eigenvalue weighted by atomic mass is 16.5. The molecule has 1 heterocycles. The van der Waals surface area contributed by atoms with Gasteiger partial charge in [0.2, 0.25) is 0 Å². The molecule has 6 rings (SSSR count). The van der Waals surface area contributed by atoms with Crippen LogP contribution in [0.2, 0.25) is 0 Å². The van der Waals surface area contributed by atoms with Gasteiger partial charge in [0.15, 0.2) is 5.78 Å². The molecule has 0 radical (unpaired) electrons. The van der Waals surface area contributed by atoms with Crippen molar-refractivity contribution in [3.05, 3.63) is 11.1 Å². The van der Waals surface area contributed by atoms with Gasteiger partial charge in [-0.05, 0) is 104 Å². The number of carbonyl (C=O) groups is 1. The molecule has 0 aromatic heterocycles. The Balaban J connectivity index is 1.39. The molecule has 7 nitrogen and oxygen atoms in total. The molecule has 1 aliphatic heterocycles. The first kappa shape index (κ1) is 27.3. The molecule has 7 heteroatoms. The van der Waals surface area contributed by atoms with Crippen LogP contribution in [0.1, 0.15) is 86.0 Å². The van der Waals surface area contributed by atoms with E-state index < -0.39 is 34.9 Å². The van der Waals surface area contributed by atoms with Gasteiger partial charge in [0, 0.05) is 11.3 Å². The van der Waals surface area contributed by atoms with Crippen molar-refractivity contribution in [1.82, 2.24) is 0 Å². The third-order valence-electron chi connectivity index (χ3n) is 13.3. The average molecular weight is 533 g/mol. The number of aliphatic hydroxyl groups excluding tert-OH is 3. The molecule has 14 unspecified atom stereocenters. The Morgan fingerprint density at radius 3 is 2.45 bits per heavy atom. The summed E-state index contributed by atoms with van der Waals surface area (Å²) in [5.74, 6) is -0.392. The summed E-state index contributed by atoms with van der Waals surface area (Å²) in [5, 5.41) is 56.9. The molecule has 4 fully saturated rings. The minimum Gasteiger partial charge on any atom is -0.394 e. The van der Waals surface area contributed by atoms with Gasteiger partial charge in [-0.2, -0.15) is 0 Å². The Hall–Kier alpha value is -0.830. The van der Waals surface area contributed by atoms with Crippen LogP contribution in [0.15, 0.2) is 11.1 Å². The third kappa shape index (κ3) is 3.21. The molecule has 6 aliphatic rings. The minimum absolute atomic E-state index is 0.0345. The standard InChI is InChI=1S/C31H48O7/c1-15-16(2)26(38-22(15)14-32)27(35)30(5,36)23-12-17-6-7-19-24-20(9-11-29(23,4)31(17,24)37)28(3)10-8-18(33)13-21(28)25(19)34/h15-18,20-23,26-27,32-33,35-37H,6-14H2,1-5H3. The summed E-state index contributed by atoms with van der Waals surface area (Å²) in [6.07, 6.45) is 2.89. The maximum Gasteiger partial charge on any atom is 0.162 e. The lowest BCUT2D eigenvalue weighted by atomic mass is 9.42. The highest BCUT2D eigenvalue weighted by molar-refractivity contribution is 6.00. The molecular weight excluding hydrogens is 484 g/mol. The normalized spacial score (nSPS) is 54.4. The smallest absolute Gasteiger partial charge is 0.162 e. The van der Waals surface area contributed by atoms with Gasteiger partial charge in [-0.25, -0.2) is 0 Å². The minimum atomic E-state index is -1.52. The number of Topliss-reactive ketones (excluding diaryl/α,β-unsaturated/α-hetero) is 1. The summed E-state index contributed by atoms with van der Waals surface area (Å²) in [6.45, 7) is 9.87. The van der Waals surface area contributed by atoms with E-state index in [-0.39, 0.29) is 59.4 Å². The highest BCUT2D eigenvalue weighted by Crippen LogP contribution is 2.73. The topological polar surface area (TPSA) is 127 Å². The molecule has 0 amide bonds. The Kier molecular flexibility index (Phi) is 6.18. The first-order chi connectivity index (χ1) is 17.7. The molecule has 1 saturated heterocycles. The van der Waals surface area contributed by atoms with Crippen molar-refractivity contribution < 1.29 is 35.1 Å². The molecule has 214 valence electrons. The van der Waals surface area contributed by atoms with E-state index in [0.717, 1.165) is 24.0 Å². The first-order valence-corrected chi connectivity index (χ1v) is 15.1. The number of aliphatic hydroxyl groups is 5. The quantitative estimate of drug-likeness (QED) is 0.377. The summed E-state index contributed by atoms with van der Waals surface area (Å²) < 4.78 is 6.08. The van der Waals surface area contributed by atoms with E-state index >= 15 is 0 Å². The number of allylic oxidation sites excluding steroid dienone is 1. The van der Waals surface area contributed by atoms with Crippen LogP contribution in [-0.4, -0.2) is 73.5 Å². The van der Waals surface area contributed by atoms with Gasteiger partial charge < -0.3 is 30.3 Å². The lowest BCUT2D eigenvalue weighted by Gasteiger charge is -2.63. The van der Waals surface area contributed by atoms with E-state index in [1.165, 1.54) is 0 Å². The van der Waals surface area contributed by atoms with E-state index in [0.29, 0.717) is 38.5 Å². The Morgan fingerprint density at radius 1 is 1.08 bits per heavy atom. The number of hydrogen-bond acceptors (Lipinski definition) is 7. The van der Waals surface area contributed by atoms with Crippen LogP contribution >= 0.6 is 0 Å². The van der Waals surface area contributed by atoms with Crippen molar-refractivity contribution in [2.75, 3.05) is 6.61 Å². The number of hydrogen-bond donors (Lipinski definition) is 5. The van der Waals surface area contributed by atoms with Gasteiger partial charge in [0.05, 0.1) is 36.1 Å². The highest BCUT2D eigenvalue weighted by Gasteiger charge is 2.74. The van der Waals surface area contributed by atoms with Crippen molar-refractivity contribution in [3.63, 3.8) is 0 Å². The van der Waals surface area contributed by atoms with Gasteiger partial charge in [-0.15, -0.1) is 0 Å². The zero-order valence-corrected chi connectivity index (χ0v) is 23.7. The van der Waals surface area contributed by atoms with Crippen LogP contribution in [0.4, 0.5) is 0 Å². The summed E-state index contributed by atoms with van der Waals surface area (Å²) >= 11 is 0. The molecule has 0 aromatic rings. The zero-order valence-electron chi connectivity index (χ0n) is 23.7. The van der Waals surface area contributed by atoms with Gasteiger partial charge in [-0.1, -0.05) is 27.7 Å². The Bertz CT molecular complexity index is 1040. The Morgan fingerprint density at radius 2 is 1.79 bits per heavy atom. The largest absolute Gasteiger partial charge is 0.394 e. The van der Waals surface area contributed by atoms with E-state index in [1.807, 2.05) is 13.8 Å². The molecule has 14 atom stereocenters. The number of ether oxygens (including phenoxy) is 1. The van der Waals surface area contributed by atoms with Crippen molar-refractivity contribution in [2.24, 2.45) is 46.3 Å². The second-order valence-electron chi connectivity index (χ2n) is 14.8. The van der Waals surface area contributed by atoms with Gasteiger partial charge in [0.1, 0.15) is 6.10 Å². The first-order valence-electron chi connectivity index (χ1n) is 15.1. The van der Waals surface area contributed by atoms with E-state index in [2.05, 4.69) is 13.8 Å². The summed E-state index contributed by atoms with van der Waals surface area (Å²) in [6, 6.07) is 0. The fraction of sp³-hybridized carbons (Fsp3) is 0.903. The number of ketones is 1. The maximum atomic E-state index is 13.9. The molecule has 38 heavy (non-hydrogen) atoms. The van der Waals surface area contributed by atoms with E-state index in [1.54, 1.807) is 6.92 Å². The molecular formula is C31H48O7. The molecule has 0 bridgehead atoms. The fourth-order valence-corrected chi connectivity index (χ4v) is 10.8. The zero-order chi connectivity index (χ0) is 27.6. The van der Waals surface area contributed by atoms with Gasteiger partial charge in [0.25, 0.3) is 0 Å². The monoisotopic (exact) mass is 532 g/mol. The Labute approximate surface area is 226 Å². The van der Waals surface area contributed by atoms with Crippen molar-refractivity contribution >= 4 is 5.78 Å². The van der Waals surface area contributed by atoms with E-state index in [4.69, 9.17) is 4.74 Å². The predicted octanol–water partition coefficient (Wildman–Crippen LogP) is 2.75. The maximum absolute atomic E-state index is 13.9. The number of carbonyl (C=O) groups excluding carboxylic acids is 1. The van der Waals surface area contributed by atoms with Crippen molar-refractivity contribution in [2.45, 2.75) is 122 Å². The van der Waals surface area contributed by atoms with Crippen molar-refractivity contribution in [3.8, 4) is 0 Å². The lowest BCUT2D eigenvalue weighted by Crippen LogP contribution is -2.65. The second kappa shape index (κ2) is 8.59. The van der Waals surface area contributed by atoms with Crippen LogP contribution in [0.25, 0.3) is 0 Å². The van der Waals surface area contributed by atoms with Crippen LogP contribution in [0.5, 0.6) is 0 Å². The predicted molar refractivity (Wildman–Crippen MR) is 141 cm³/mol. The van der Waals surface area contributed by atoms with Gasteiger partial charge >= 0.3 is 0 Å². The molecule has 5 N–H and O–H groups in total. The van der Waals surface area contributed by atoms with Crippen molar-refractivity contribution in [1.29, 1.82) is 0 Å². The summed E-state index contributed by atoms with van der Waals surface area (Å²) in [5.41, 5.74) is -1.93. The van der Waals surface area contributed by atoms with E-state index in [9.17, 15) is 30.3 Å². The molecule has 3 saturated carbocycles. The number of fused-ring (bicyclic) bond motifs is 2. The average Bonchev–Trinajstić information content (AvgIpc) is 3.29. The summed E-state index contributed by atoms with van der Waals surface area (Å²) in [7, 11) is 0. The SMILES string of the molecule is CC1C(CO)OC(C(O)C(C)(O)C2CC3CCC4=C5C(CCC2(C)C53O)C2(C)CCC(O)CC2C4=O)C1C. The summed E-state index contributed by atoms with van der Waals surface area (Å²) in [4.78, 5) is 13.9. The lowest BCUT2D eigenvalue weighted by molar-refractivity contribution is -0.200. The molecule has 0 aromatic carbocycles. The van der Waals surface area contributed by atoms with Crippen LogP contribution < -0.4 is 0 Å². The van der Waals surface area contributed by atoms with Gasteiger partial charge in [-0.3, -0.25) is 4.79 Å². The number of rotatable bonds is 4. The third-order valence-corrected chi connectivity index (χ3v) is 13.3. The van der Waals surface area contributed by atoms with Crippen LogP contribution in [0, 0.1) is 46.3 Å². The fourth-order valence-electron chi connectivity index (χ4n) is 10.8. The van der Waals surface area contributed by atoms with Crippen LogP contribution in [0.3, 0.4) is 0 Å². The van der Waals surface area contributed by atoms with Crippen LogP contribution in [-0.2, 0) is 9.53 Å². The second-order valence-corrected chi connectivity index (χ2v) is 14.8.